The Kier molecular flexibility index (Phi) is 12.8. The predicted molar refractivity (Wildman–Crippen MR) is 234 cm³/mol. The fourth-order valence-electron chi connectivity index (χ4n) is 7.35. The number of carbonyl (C=O) groups excluding carboxylic acids is 3. The second kappa shape index (κ2) is 18.7. The molecule has 0 bridgehead atoms. The average molecular weight is 879 g/mol. The van der Waals surface area contributed by atoms with Crippen molar-refractivity contribution >= 4 is 68.6 Å². The minimum absolute atomic E-state index is 0.0329. The van der Waals surface area contributed by atoms with Crippen molar-refractivity contribution in [3.63, 3.8) is 0 Å². The number of carbonyl (C=O) groups is 3. The number of aliphatic imine (C=N–C) groups is 1. The van der Waals surface area contributed by atoms with E-state index in [2.05, 4.69) is 50.3 Å². The summed E-state index contributed by atoms with van der Waals surface area (Å²) in [5.74, 6) is 0.688. The molecular formula is C43H43ClN10O7S. The molecular weight excluding hydrogens is 836 g/mol. The fourth-order valence-corrected chi connectivity index (χ4v) is 8.69. The van der Waals surface area contributed by atoms with E-state index in [1.165, 1.54) is 0 Å². The predicted octanol–water partition coefficient (Wildman–Crippen LogP) is 5.44. The van der Waals surface area contributed by atoms with Crippen LogP contribution in [0.2, 0.25) is 5.02 Å². The third-order valence-corrected chi connectivity index (χ3v) is 11.9. The van der Waals surface area contributed by atoms with Crippen LogP contribution in [-0.4, -0.2) is 92.8 Å². The third kappa shape index (κ3) is 9.13. The summed E-state index contributed by atoms with van der Waals surface area (Å²) in [7, 11) is 0. The summed E-state index contributed by atoms with van der Waals surface area (Å²) in [5.41, 5.74) is 4.79. The molecule has 0 radical (unpaired) electrons. The van der Waals surface area contributed by atoms with E-state index in [1.807, 2.05) is 35.8 Å². The normalized spacial score (nSPS) is 16.0. The van der Waals surface area contributed by atoms with E-state index in [1.54, 1.807) is 53.8 Å². The van der Waals surface area contributed by atoms with Crippen LogP contribution < -0.4 is 26.2 Å². The number of halogens is 1. The molecule has 3 amide bonds. The number of piperidine rings is 1. The smallest absolute Gasteiger partial charge is 0.280 e. The lowest BCUT2D eigenvalue weighted by atomic mass is 9.99. The summed E-state index contributed by atoms with van der Waals surface area (Å²) < 4.78 is 20.4. The Morgan fingerprint density at radius 1 is 0.935 bits per heavy atom. The summed E-state index contributed by atoms with van der Waals surface area (Å²) in [6.07, 6.45) is 0.318. The summed E-state index contributed by atoms with van der Waals surface area (Å²) in [6.45, 7) is 8.07. The van der Waals surface area contributed by atoms with E-state index in [0.717, 1.165) is 37.0 Å². The van der Waals surface area contributed by atoms with Gasteiger partial charge in [0.2, 0.25) is 11.8 Å². The highest BCUT2D eigenvalue weighted by molar-refractivity contribution is 7.15. The number of thiophene rings is 1. The molecule has 6 aromatic rings. The number of nitrogens with zero attached hydrogens (tertiary/aromatic N) is 7. The van der Waals surface area contributed by atoms with Gasteiger partial charge in [0.25, 0.3) is 11.5 Å². The molecule has 3 aromatic carbocycles. The molecule has 1 fully saturated rings. The Labute approximate surface area is 364 Å². The standard InChI is InChI=1S/C43H43ClN10O7S/c1-24-25(2)62-43-37(24)39(27-10-12-28(44)13-11-27)47-33(40-51-49-26(3)53(40)43)23-36(56)46-29-6-4-7-30(22-29)61-21-20-60-19-18-59-17-16-45-31-8-5-9-32-38(31)42(58)54(52-50-32)34-14-15-35(55)48-41(34)57/h4-13,22,33-34,45H,14-21,23H2,1-3H3,(H,46,56)(H,48,55,57)/t33-,34?/m0/s1. The van der Waals surface area contributed by atoms with E-state index in [0.29, 0.717) is 77.7 Å². The van der Waals surface area contributed by atoms with E-state index in [-0.39, 0.29) is 37.7 Å². The van der Waals surface area contributed by atoms with Gasteiger partial charge in [0.05, 0.1) is 43.9 Å². The Morgan fingerprint density at radius 2 is 1.71 bits per heavy atom. The van der Waals surface area contributed by atoms with Gasteiger partial charge in [-0.25, -0.2) is 0 Å². The van der Waals surface area contributed by atoms with Gasteiger partial charge >= 0.3 is 0 Å². The molecule has 0 spiro atoms. The summed E-state index contributed by atoms with van der Waals surface area (Å²) >= 11 is 7.90. The zero-order chi connectivity index (χ0) is 43.3. The maximum atomic E-state index is 13.6. The first-order valence-electron chi connectivity index (χ1n) is 20.1. The van der Waals surface area contributed by atoms with Crippen molar-refractivity contribution in [2.45, 2.75) is 52.1 Å². The van der Waals surface area contributed by atoms with Crippen LogP contribution in [0.1, 0.15) is 64.6 Å². The van der Waals surface area contributed by atoms with Gasteiger partial charge in [-0.2, -0.15) is 4.68 Å². The van der Waals surface area contributed by atoms with E-state index >= 15 is 0 Å². The molecule has 3 aromatic heterocycles. The van der Waals surface area contributed by atoms with Gasteiger partial charge < -0.3 is 24.8 Å². The Morgan fingerprint density at radius 3 is 2.52 bits per heavy atom. The topological polar surface area (TPSA) is 206 Å². The van der Waals surface area contributed by atoms with Crippen LogP contribution in [0.4, 0.5) is 11.4 Å². The minimum Gasteiger partial charge on any atom is -0.491 e. The molecule has 2 atom stereocenters. The van der Waals surface area contributed by atoms with E-state index in [9.17, 15) is 19.2 Å². The number of imide groups is 1. The molecule has 2 aliphatic rings. The molecule has 0 saturated carbocycles. The maximum Gasteiger partial charge on any atom is 0.280 e. The highest BCUT2D eigenvalue weighted by Crippen LogP contribution is 2.40. The van der Waals surface area contributed by atoms with Crippen LogP contribution in [0, 0.1) is 20.8 Å². The molecule has 320 valence electrons. The van der Waals surface area contributed by atoms with Gasteiger partial charge in [-0.3, -0.25) is 34.1 Å². The second-order valence-electron chi connectivity index (χ2n) is 14.7. The van der Waals surface area contributed by atoms with Crippen LogP contribution >= 0.6 is 22.9 Å². The van der Waals surface area contributed by atoms with Crippen molar-refractivity contribution in [2.75, 3.05) is 50.2 Å². The Balaban J connectivity index is 0.796. The number of rotatable bonds is 16. The molecule has 0 aliphatic carbocycles. The number of nitrogens with one attached hydrogen (secondary N) is 3. The third-order valence-electron chi connectivity index (χ3n) is 10.5. The van der Waals surface area contributed by atoms with Gasteiger partial charge in [-0.05, 0) is 69.2 Å². The number of amides is 3. The van der Waals surface area contributed by atoms with Crippen molar-refractivity contribution in [2.24, 2.45) is 4.99 Å². The lowest BCUT2D eigenvalue weighted by Gasteiger charge is -2.21. The van der Waals surface area contributed by atoms with Crippen molar-refractivity contribution in [3.05, 3.63) is 115 Å². The molecule has 2 aliphatic heterocycles. The second-order valence-corrected chi connectivity index (χ2v) is 16.3. The zero-order valence-corrected chi connectivity index (χ0v) is 35.7. The molecule has 8 rings (SSSR count). The highest BCUT2D eigenvalue weighted by Gasteiger charge is 2.33. The van der Waals surface area contributed by atoms with Crippen molar-refractivity contribution in [1.82, 2.24) is 35.1 Å². The van der Waals surface area contributed by atoms with E-state index < -0.39 is 23.6 Å². The number of hydrogen-bond donors (Lipinski definition) is 3. The van der Waals surface area contributed by atoms with Gasteiger partial charge in [-0.1, -0.05) is 41.1 Å². The van der Waals surface area contributed by atoms with Gasteiger partial charge in [0, 0.05) is 51.4 Å². The number of anilines is 2. The van der Waals surface area contributed by atoms with Gasteiger partial charge in [0.15, 0.2) is 5.82 Å². The summed E-state index contributed by atoms with van der Waals surface area (Å²) in [5, 5.41) is 27.3. The SMILES string of the molecule is Cc1sc2c(c1C)C(c1ccc(Cl)cc1)=N[C@@H](CC(=O)Nc1cccc(OCCOCCOCCNc3cccc4nnn(C5CCC(=O)NC5=O)c(=O)c34)c1)c1nnc(C)n1-2. The first-order valence-corrected chi connectivity index (χ1v) is 21.3. The number of benzene rings is 3. The number of ether oxygens (including phenoxy) is 3. The quantitative estimate of drug-likeness (QED) is 0.0822. The average Bonchev–Trinajstić information content (AvgIpc) is 3.73. The van der Waals surface area contributed by atoms with Crippen LogP contribution in [-0.2, 0) is 23.9 Å². The number of aromatic nitrogens is 6. The lowest BCUT2D eigenvalue weighted by Crippen LogP contribution is -2.45. The number of hydrogen-bond acceptors (Lipinski definition) is 14. The first kappa shape index (κ1) is 42.4. The van der Waals surface area contributed by atoms with Crippen molar-refractivity contribution in [3.8, 4) is 10.8 Å². The lowest BCUT2D eigenvalue weighted by molar-refractivity contribution is -0.136. The van der Waals surface area contributed by atoms with Gasteiger partial charge in [0.1, 0.15) is 40.8 Å². The van der Waals surface area contributed by atoms with Gasteiger partial charge in [-0.15, -0.1) is 26.6 Å². The fraction of sp³-hybridized carbons (Fsp3) is 0.326. The zero-order valence-electron chi connectivity index (χ0n) is 34.1. The molecule has 62 heavy (non-hydrogen) atoms. The number of aryl methyl sites for hydroxylation is 2. The Bertz CT molecular complexity index is 2750. The minimum atomic E-state index is -0.910. The highest BCUT2D eigenvalue weighted by atomic mass is 35.5. The van der Waals surface area contributed by atoms with Crippen LogP contribution in [0.3, 0.4) is 0 Å². The number of fused-ring (bicyclic) bond motifs is 4. The monoisotopic (exact) mass is 878 g/mol. The van der Waals surface area contributed by atoms with Crippen molar-refractivity contribution in [1.29, 1.82) is 0 Å². The maximum absolute atomic E-state index is 13.6. The first-order chi connectivity index (χ1) is 30.0. The van der Waals surface area contributed by atoms with E-state index in [4.69, 9.17) is 30.8 Å². The molecule has 5 heterocycles. The van der Waals surface area contributed by atoms with Crippen molar-refractivity contribution < 1.29 is 28.6 Å². The molecule has 3 N–H and O–H groups in total. The molecule has 17 nitrogen and oxygen atoms in total. The molecule has 1 saturated heterocycles. The molecule has 1 unspecified atom stereocenters. The molecule has 19 heteroatoms. The largest absolute Gasteiger partial charge is 0.491 e. The van der Waals surface area contributed by atoms with Crippen LogP contribution in [0.5, 0.6) is 5.75 Å². The van der Waals surface area contributed by atoms with Crippen LogP contribution in [0.25, 0.3) is 15.9 Å². The summed E-state index contributed by atoms with van der Waals surface area (Å²) in [4.78, 5) is 57.3. The van der Waals surface area contributed by atoms with Crippen LogP contribution in [0.15, 0.2) is 76.5 Å². The summed E-state index contributed by atoms with van der Waals surface area (Å²) in [6, 6.07) is 18.4. The Hall–Kier alpha value is -6.34.